The molecule has 0 amide bonds. The monoisotopic (exact) mass is 474 g/mol. The zero-order chi connectivity index (χ0) is 25.3. The molecule has 0 fully saturated rings. The summed E-state index contributed by atoms with van der Waals surface area (Å²) < 4.78 is 10.7. The van der Waals surface area contributed by atoms with E-state index in [-0.39, 0.29) is 29.6 Å². The number of esters is 2. The van der Waals surface area contributed by atoms with Gasteiger partial charge in [-0.1, -0.05) is 38.1 Å². The van der Waals surface area contributed by atoms with Crippen LogP contribution in [0.25, 0.3) is 6.08 Å². The highest BCUT2D eigenvalue weighted by molar-refractivity contribution is 5.97. The van der Waals surface area contributed by atoms with E-state index in [2.05, 4.69) is 0 Å². The van der Waals surface area contributed by atoms with Crippen LogP contribution in [0.5, 0.6) is 5.75 Å². The number of rotatable bonds is 6. The molecule has 1 aromatic carbocycles. The maximum atomic E-state index is 13.0. The molecule has 1 heterocycles. The Morgan fingerprint density at radius 1 is 1.15 bits per heavy atom. The Kier molecular flexibility index (Phi) is 10.5. The summed E-state index contributed by atoms with van der Waals surface area (Å²) in [6.07, 6.45) is 4.42. The number of hydrogen-bond donors (Lipinski definition) is 3. The maximum Gasteiger partial charge on any atom is 0.342 e. The lowest BCUT2D eigenvalue weighted by molar-refractivity contribution is -0.143. The molecule has 2 rings (SSSR count). The number of aryl methyl sites for hydroxylation is 1. The minimum absolute atomic E-state index is 0.0114. The SMILES string of the molecule is CCC(=O)OCCCCc1ccc(O)c2c1/C=C/C[C@H](O)[C@H](O)C(=O)/C=C\[C@H](C)[C@H](C)OC2=O. The van der Waals surface area contributed by atoms with Gasteiger partial charge in [-0.15, -0.1) is 0 Å². The van der Waals surface area contributed by atoms with E-state index in [1.54, 1.807) is 39.0 Å². The van der Waals surface area contributed by atoms with E-state index in [0.717, 1.165) is 5.56 Å². The Bertz CT molecular complexity index is 933. The van der Waals surface area contributed by atoms with Crippen LogP contribution in [0.15, 0.2) is 30.4 Å². The number of aliphatic hydroxyl groups excluding tert-OH is 2. The fraction of sp³-hybridized carbons (Fsp3) is 0.500. The van der Waals surface area contributed by atoms with Gasteiger partial charge >= 0.3 is 11.9 Å². The maximum absolute atomic E-state index is 13.0. The summed E-state index contributed by atoms with van der Waals surface area (Å²) in [5.74, 6) is -2.18. The van der Waals surface area contributed by atoms with Crippen molar-refractivity contribution in [3.8, 4) is 5.75 Å². The molecule has 4 atom stereocenters. The largest absolute Gasteiger partial charge is 0.507 e. The number of phenolic OH excluding ortho intramolecular Hbond substituents is 1. The first-order chi connectivity index (χ1) is 16.1. The fourth-order valence-corrected chi connectivity index (χ4v) is 3.46. The molecule has 8 heteroatoms. The summed E-state index contributed by atoms with van der Waals surface area (Å²) in [7, 11) is 0. The van der Waals surface area contributed by atoms with Gasteiger partial charge in [0.1, 0.15) is 23.5 Å². The zero-order valence-electron chi connectivity index (χ0n) is 19.9. The Morgan fingerprint density at radius 2 is 1.88 bits per heavy atom. The highest BCUT2D eigenvalue weighted by Crippen LogP contribution is 2.29. The molecule has 0 saturated heterocycles. The summed E-state index contributed by atoms with van der Waals surface area (Å²) >= 11 is 0. The summed E-state index contributed by atoms with van der Waals surface area (Å²) in [6.45, 7) is 5.44. The molecule has 3 N–H and O–H groups in total. The molecule has 1 aromatic rings. The van der Waals surface area contributed by atoms with Gasteiger partial charge in [0.05, 0.1) is 12.7 Å². The number of carbonyl (C=O) groups is 3. The van der Waals surface area contributed by atoms with Crippen LogP contribution in [0.3, 0.4) is 0 Å². The quantitative estimate of drug-likeness (QED) is 0.424. The number of aliphatic hydroxyl groups is 2. The molecule has 0 aliphatic carbocycles. The topological polar surface area (TPSA) is 130 Å². The lowest BCUT2D eigenvalue weighted by atomic mass is 9.94. The lowest BCUT2D eigenvalue weighted by Gasteiger charge is -2.21. The van der Waals surface area contributed by atoms with Gasteiger partial charge < -0.3 is 24.8 Å². The van der Waals surface area contributed by atoms with Crippen molar-refractivity contribution in [2.24, 2.45) is 5.92 Å². The van der Waals surface area contributed by atoms with Crippen LogP contribution in [0, 0.1) is 5.92 Å². The molecule has 0 aromatic heterocycles. The number of ketones is 1. The molecule has 34 heavy (non-hydrogen) atoms. The number of hydrogen-bond acceptors (Lipinski definition) is 8. The standard InChI is InChI=1S/C26H34O8/c1-4-23(30)33-15-6-5-8-18-12-14-20(27)24-19(18)9-7-10-21(28)25(31)22(29)13-11-16(2)17(3)34-26(24)32/h7,9,11-14,16-17,21,25,27-28,31H,4-6,8,10,15H2,1-3H3/b9-7+,13-11-/t16-,17-,21-,25-/m0/s1. The van der Waals surface area contributed by atoms with Gasteiger partial charge in [-0.2, -0.15) is 0 Å². The molecule has 0 radical (unpaired) electrons. The van der Waals surface area contributed by atoms with Crippen molar-refractivity contribution in [2.75, 3.05) is 6.61 Å². The van der Waals surface area contributed by atoms with Gasteiger partial charge in [-0.25, -0.2) is 4.79 Å². The smallest absolute Gasteiger partial charge is 0.342 e. The van der Waals surface area contributed by atoms with Gasteiger partial charge in [0, 0.05) is 12.3 Å². The van der Waals surface area contributed by atoms with E-state index < -0.39 is 30.1 Å². The van der Waals surface area contributed by atoms with Crippen molar-refractivity contribution in [1.29, 1.82) is 0 Å². The van der Waals surface area contributed by atoms with Crippen molar-refractivity contribution >= 4 is 23.8 Å². The predicted molar refractivity (Wildman–Crippen MR) is 126 cm³/mol. The van der Waals surface area contributed by atoms with Crippen molar-refractivity contribution in [3.05, 3.63) is 47.1 Å². The second-order valence-electron chi connectivity index (χ2n) is 8.44. The first-order valence-electron chi connectivity index (χ1n) is 11.6. The van der Waals surface area contributed by atoms with E-state index in [1.165, 1.54) is 18.2 Å². The van der Waals surface area contributed by atoms with Gasteiger partial charge in [0.2, 0.25) is 0 Å². The summed E-state index contributed by atoms with van der Waals surface area (Å²) in [5.41, 5.74) is 1.22. The Balaban J connectivity index is 2.35. The normalized spacial score (nSPS) is 25.6. The average Bonchev–Trinajstić information content (AvgIpc) is 2.81. The van der Waals surface area contributed by atoms with Crippen molar-refractivity contribution in [2.45, 2.75) is 71.2 Å². The molecular formula is C26H34O8. The van der Waals surface area contributed by atoms with Crippen LogP contribution in [0.1, 0.15) is 67.9 Å². The average molecular weight is 475 g/mol. The molecule has 1 aliphatic rings. The Morgan fingerprint density at radius 3 is 2.59 bits per heavy atom. The number of ether oxygens (including phenoxy) is 2. The van der Waals surface area contributed by atoms with E-state index in [1.807, 2.05) is 0 Å². The van der Waals surface area contributed by atoms with E-state index in [0.29, 0.717) is 37.9 Å². The van der Waals surface area contributed by atoms with Crippen LogP contribution in [-0.4, -0.2) is 58.0 Å². The Hall–Kier alpha value is -2.97. The first-order valence-corrected chi connectivity index (χ1v) is 11.6. The highest BCUT2D eigenvalue weighted by Gasteiger charge is 2.25. The molecule has 1 aliphatic heterocycles. The number of benzene rings is 1. The van der Waals surface area contributed by atoms with Crippen molar-refractivity contribution < 1.29 is 39.2 Å². The number of phenols is 1. The van der Waals surface area contributed by atoms with Crippen LogP contribution >= 0.6 is 0 Å². The number of fused-ring (bicyclic) bond motifs is 1. The van der Waals surface area contributed by atoms with Crippen LogP contribution < -0.4 is 0 Å². The second kappa shape index (κ2) is 13.1. The zero-order valence-corrected chi connectivity index (χ0v) is 19.9. The molecule has 186 valence electrons. The molecular weight excluding hydrogens is 440 g/mol. The van der Waals surface area contributed by atoms with Gasteiger partial charge in [0.15, 0.2) is 5.78 Å². The first kappa shape index (κ1) is 27.3. The lowest BCUT2D eigenvalue weighted by Crippen LogP contribution is -2.32. The number of unbranched alkanes of at least 4 members (excludes halogenated alkanes) is 1. The van der Waals surface area contributed by atoms with E-state index in [9.17, 15) is 29.7 Å². The number of carbonyl (C=O) groups excluding carboxylic acids is 3. The van der Waals surface area contributed by atoms with Crippen LogP contribution in [0.4, 0.5) is 0 Å². The van der Waals surface area contributed by atoms with Gasteiger partial charge in [-0.3, -0.25) is 9.59 Å². The van der Waals surface area contributed by atoms with Crippen molar-refractivity contribution in [1.82, 2.24) is 0 Å². The van der Waals surface area contributed by atoms with E-state index in [4.69, 9.17) is 9.47 Å². The van der Waals surface area contributed by atoms with E-state index >= 15 is 0 Å². The van der Waals surface area contributed by atoms with Crippen molar-refractivity contribution in [3.63, 3.8) is 0 Å². The molecule has 0 bridgehead atoms. The fourth-order valence-electron chi connectivity index (χ4n) is 3.46. The molecule has 0 spiro atoms. The minimum Gasteiger partial charge on any atom is -0.507 e. The van der Waals surface area contributed by atoms with Crippen LogP contribution in [-0.2, 0) is 25.5 Å². The second-order valence-corrected chi connectivity index (χ2v) is 8.44. The third-order valence-electron chi connectivity index (χ3n) is 5.83. The predicted octanol–water partition coefficient (Wildman–Crippen LogP) is 3.11. The van der Waals surface area contributed by atoms with Crippen LogP contribution in [0.2, 0.25) is 0 Å². The molecule has 8 nitrogen and oxygen atoms in total. The Labute approximate surface area is 199 Å². The summed E-state index contributed by atoms with van der Waals surface area (Å²) in [5, 5.41) is 30.8. The molecule has 0 saturated carbocycles. The summed E-state index contributed by atoms with van der Waals surface area (Å²) in [6, 6.07) is 3.14. The van der Waals surface area contributed by atoms with Gasteiger partial charge in [-0.05, 0) is 55.9 Å². The summed E-state index contributed by atoms with van der Waals surface area (Å²) in [4.78, 5) is 36.4. The number of cyclic esters (lactones) is 1. The third-order valence-corrected chi connectivity index (χ3v) is 5.83. The minimum atomic E-state index is -1.58. The number of aromatic hydroxyl groups is 1. The third kappa shape index (κ3) is 7.53. The molecule has 0 unspecified atom stereocenters. The van der Waals surface area contributed by atoms with Gasteiger partial charge in [0.25, 0.3) is 0 Å². The highest BCUT2D eigenvalue weighted by atomic mass is 16.5.